The molecule has 4 heteroatoms. The highest BCUT2D eigenvalue weighted by Gasteiger charge is 2.17. The van der Waals surface area contributed by atoms with E-state index in [1.54, 1.807) is 0 Å². The summed E-state index contributed by atoms with van der Waals surface area (Å²) in [6, 6.07) is 0. The number of rotatable bonds is 15. The number of hydrogen-bond donors (Lipinski definition) is 0. The molecule has 25 heavy (non-hydrogen) atoms. The maximum Gasteiger partial charge on any atom is 0.196 e. The van der Waals surface area contributed by atoms with Gasteiger partial charge in [-0.3, -0.25) is 4.99 Å². The quantitative estimate of drug-likeness (QED) is 0.188. The van der Waals surface area contributed by atoms with Crippen molar-refractivity contribution in [1.82, 2.24) is 9.80 Å². The van der Waals surface area contributed by atoms with Crippen LogP contribution < -0.4 is 0 Å². The largest absolute Gasteiger partial charge is 0.343 e. The van der Waals surface area contributed by atoms with E-state index in [1.807, 2.05) is 0 Å². The molecule has 0 aliphatic heterocycles. The minimum Gasteiger partial charge on any atom is -0.343 e. The summed E-state index contributed by atoms with van der Waals surface area (Å²) in [6.45, 7) is 17.0. The predicted octanol–water partition coefficient (Wildman–Crippen LogP) is 6.37. The van der Waals surface area contributed by atoms with Crippen LogP contribution in [0.1, 0.15) is 98.8 Å². The van der Waals surface area contributed by atoms with E-state index in [9.17, 15) is 0 Å². The molecule has 0 rings (SSSR count). The molecule has 0 atom stereocenters. The second-order valence-electron chi connectivity index (χ2n) is 6.92. The summed E-state index contributed by atoms with van der Waals surface area (Å²) in [4.78, 5) is 10.3. The van der Waals surface area contributed by atoms with Gasteiger partial charge >= 0.3 is 0 Å². The smallest absolute Gasteiger partial charge is 0.196 e. The van der Waals surface area contributed by atoms with E-state index in [2.05, 4.69) is 44.4 Å². The molecule has 0 aromatic rings. The highest BCUT2D eigenvalue weighted by Crippen LogP contribution is 2.09. The number of aliphatic imine (C=N–C) groups is 1. The molecular formula is C21H46ClN3. The number of halogens is 1. The Balaban J connectivity index is 0. The van der Waals surface area contributed by atoms with Gasteiger partial charge in [-0.15, -0.1) is 12.4 Å². The van der Waals surface area contributed by atoms with Crippen molar-refractivity contribution in [3.8, 4) is 0 Å². The van der Waals surface area contributed by atoms with Crippen molar-refractivity contribution in [2.45, 2.75) is 98.8 Å². The van der Waals surface area contributed by atoms with Crippen LogP contribution in [-0.4, -0.2) is 48.5 Å². The highest BCUT2D eigenvalue weighted by atomic mass is 35.5. The van der Waals surface area contributed by atoms with Crippen LogP contribution >= 0.6 is 12.4 Å². The van der Waals surface area contributed by atoms with Crippen LogP contribution in [0.15, 0.2) is 4.99 Å². The Morgan fingerprint density at radius 1 is 0.560 bits per heavy atom. The molecule has 0 bridgehead atoms. The summed E-state index contributed by atoms with van der Waals surface area (Å²) in [5.74, 6) is 1.30. The first-order chi connectivity index (χ1) is 11.7. The number of guanidine groups is 1. The van der Waals surface area contributed by atoms with Gasteiger partial charge in [-0.1, -0.05) is 66.7 Å². The average molecular weight is 376 g/mol. The molecule has 0 aliphatic carbocycles. The Bertz CT molecular complexity index is 257. The van der Waals surface area contributed by atoms with E-state index < -0.39 is 0 Å². The van der Waals surface area contributed by atoms with Crippen molar-refractivity contribution < 1.29 is 0 Å². The lowest BCUT2D eigenvalue weighted by Crippen LogP contribution is -2.46. The first kappa shape index (κ1) is 26.8. The predicted molar refractivity (Wildman–Crippen MR) is 117 cm³/mol. The molecule has 0 N–H and O–H groups in total. The lowest BCUT2D eigenvalue weighted by molar-refractivity contribution is 0.299. The second kappa shape index (κ2) is 19.9. The molecule has 3 nitrogen and oxygen atoms in total. The summed E-state index contributed by atoms with van der Waals surface area (Å²) in [5, 5.41) is 0. The third kappa shape index (κ3) is 13.4. The first-order valence-corrected chi connectivity index (χ1v) is 10.8. The van der Waals surface area contributed by atoms with E-state index in [1.165, 1.54) is 70.2 Å². The highest BCUT2D eigenvalue weighted by molar-refractivity contribution is 5.85. The van der Waals surface area contributed by atoms with E-state index in [0.29, 0.717) is 0 Å². The fraction of sp³-hybridized carbons (Fsp3) is 0.952. The van der Waals surface area contributed by atoms with Crippen LogP contribution in [0.2, 0.25) is 0 Å². The molecule has 0 aromatic heterocycles. The zero-order chi connectivity index (χ0) is 18.0. The monoisotopic (exact) mass is 375 g/mol. The summed E-state index contributed by atoms with van der Waals surface area (Å²) in [7, 11) is 0. The topological polar surface area (TPSA) is 18.8 Å². The van der Waals surface area contributed by atoms with Crippen LogP contribution in [0.4, 0.5) is 0 Å². The Hall–Kier alpha value is -0.440. The summed E-state index contributed by atoms with van der Waals surface area (Å²) < 4.78 is 0. The first-order valence-electron chi connectivity index (χ1n) is 10.8. The number of nitrogens with zero attached hydrogens (tertiary/aromatic N) is 3. The van der Waals surface area contributed by atoms with Gasteiger partial charge in [0, 0.05) is 32.7 Å². The Labute approximate surface area is 165 Å². The lowest BCUT2D eigenvalue weighted by Gasteiger charge is -2.35. The van der Waals surface area contributed by atoms with Gasteiger partial charge in [0.2, 0.25) is 0 Å². The summed E-state index contributed by atoms with van der Waals surface area (Å²) in [6.07, 6.45) is 12.5. The Morgan fingerprint density at radius 3 is 1.16 bits per heavy atom. The Morgan fingerprint density at radius 2 is 0.880 bits per heavy atom. The van der Waals surface area contributed by atoms with Crippen LogP contribution in [0.25, 0.3) is 0 Å². The fourth-order valence-electron chi connectivity index (χ4n) is 2.76. The van der Waals surface area contributed by atoms with Crippen molar-refractivity contribution in [2.24, 2.45) is 4.99 Å². The minimum absolute atomic E-state index is 0. The van der Waals surface area contributed by atoms with E-state index in [0.717, 1.165) is 32.7 Å². The van der Waals surface area contributed by atoms with Gasteiger partial charge in [-0.05, 0) is 32.1 Å². The van der Waals surface area contributed by atoms with Crippen molar-refractivity contribution in [1.29, 1.82) is 0 Å². The molecular weight excluding hydrogens is 330 g/mol. The fourth-order valence-corrected chi connectivity index (χ4v) is 2.76. The third-order valence-corrected chi connectivity index (χ3v) is 4.46. The maximum atomic E-state index is 5.09. The maximum absolute atomic E-state index is 5.09. The molecule has 0 saturated carbocycles. The van der Waals surface area contributed by atoms with Gasteiger partial charge in [0.15, 0.2) is 5.96 Å². The number of unbranched alkanes of at least 4 members (excludes halogenated alkanes) is 5. The SMILES string of the molecule is CCCCN=C(N(CCCC)CCCC)N(CCCC)CCCC.Cl. The standard InChI is InChI=1S/C21H45N3.ClH/c1-6-11-16-22-21(23(17-12-7-2)18-13-8-3)24(19-14-9-4)20-15-10-5;/h6-20H2,1-5H3;1H. The van der Waals surface area contributed by atoms with Gasteiger partial charge in [0.05, 0.1) is 0 Å². The van der Waals surface area contributed by atoms with Crippen LogP contribution in [0.3, 0.4) is 0 Å². The summed E-state index contributed by atoms with van der Waals surface area (Å²) >= 11 is 0. The van der Waals surface area contributed by atoms with Crippen LogP contribution in [-0.2, 0) is 0 Å². The zero-order valence-electron chi connectivity index (χ0n) is 17.9. The molecule has 0 heterocycles. The van der Waals surface area contributed by atoms with Crippen molar-refractivity contribution in [2.75, 3.05) is 32.7 Å². The molecule has 0 aromatic carbocycles. The van der Waals surface area contributed by atoms with Gasteiger partial charge < -0.3 is 9.80 Å². The minimum atomic E-state index is 0. The molecule has 152 valence electrons. The molecule has 0 aliphatic rings. The second-order valence-corrected chi connectivity index (χ2v) is 6.92. The Kier molecular flexibility index (Phi) is 21.3. The molecule has 0 saturated heterocycles. The van der Waals surface area contributed by atoms with Gasteiger partial charge in [-0.2, -0.15) is 0 Å². The van der Waals surface area contributed by atoms with E-state index in [4.69, 9.17) is 4.99 Å². The van der Waals surface area contributed by atoms with Gasteiger partial charge in [-0.25, -0.2) is 0 Å². The average Bonchev–Trinajstić information content (AvgIpc) is 2.60. The van der Waals surface area contributed by atoms with E-state index >= 15 is 0 Å². The molecule has 0 spiro atoms. The molecule has 0 amide bonds. The molecule has 0 fully saturated rings. The van der Waals surface area contributed by atoms with Gasteiger partial charge in [0.25, 0.3) is 0 Å². The van der Waals surface area contributed by atoms with Crippen LogP contribution in [0.5, 0.6) is 0 Å². The molecule has 0 radical (unpaired) electrons. The van der Waals surface area contributed by atoms with Crippen LogP contribution in [0, 0.1) is 0 Å². The van der Waals surface area contributed by atoms with Crippen molar-refractivity contribution in [3.63, 3.8) is 0 Å². The molecule has 0 unspecified atom stereocenters. The summed E-state index contributed by atoms with van der Waals surface area (Å²) in [5.41, 5.74) is 0. The van der Waals surface area contributed by atoms with Crippen molar-refractivity contribution in [3.05, 3.63) is 0 Å². The third-order valence-electron chi connectivity index (χ3n) is 4.46. The van der Waals surface area contributed by atoms with Crippen molar-refractivity contribution >= 4 is 18.4 Å². The lowest BCUT2D eigenvalue weighted by atomic mass is 10.2. The zero-order valence-corrected chi connectivity index (χ0v) is 18.7. The number of hydrogen-bond acceptors (Lipinski definition) is 1. The normalized spacial score (nSPS) is 10.3. The van der Waals surface area contributed by atoms with E-state index in [-0.39, 0.29) is 12.4 Å². The van der Waals surface area contributed by atoms with Gasteiger partial charge in [0.1, 0.15) is 0 Å².